The predicted octanol–water partition coefficient (Wildman–Crippen LogP) is 3.87. The number of rotatable bonds is 6. The van der Waals surface area contributed by atoms with Gasteiger partial charge in [0.05, 0.1) is 0 Å². The van der Waals surface area contributed by atoms with Crippen LogP contribution in [0.4, 0.5) is 0 Å². The molecule has 0 bridgehead atoms. The van der Waals surface area contributed by atoms with E-state index in [1.807, 2.05) is 23.1 Å². The largest absolute Gasteiger partial charge is 0.338 e. The molecule has 1 aromatic carbocycles. The molecule has 1 amide bonds. The minimum absolute atomic E-state index is 0. The second-order valence-corrected chi connectivity index (χ2v) is 7.69. The van der Waals surface area contributed by atoms with Crippen molar-refractivity contribution in [1.82, 2.24) is 10.2 Å². The lowest BCUT2D eigenvalue weighted by Crippen LogP contribution is -2.37. The van der Waals surface area contributed by atoms with Crippen LogP contribution in [0.1, 0.15) is 45.6 Å². The van der Waals surface area contributed by atoms with Crippen LogP contribution in [0.2, 0.25) is 0 Å². The maximum Gasteiger partial charge on any atom is 0.222 e. The van der Waals surface area contributed by atoms with Gasteiger partial charge in [0, 0.05) is 19.5 Å². The molecule has 1 aromatic rings. The fraction of sp³-hybridized carbons (Fsp3) is 0.632. The van der Waals surface area contributed by atoms with Crippen molar-refractivity contribution in [1.29, 1.82) is 0 Å². The van der Waals surface area contributed by atoms with E-state index in [1.165, 1.54) is 12.0 Å². The van der Waals surface area contributed by atoms with Crippen molar-refractivity contribution in [2.45, 2.75) is 46.6 Å². The summed E-state index contributed by atoms with van der Waals surface area (Å²) in [6.07, 6.45) is 2.90. The van der Waals surface area contributed by atoms with Crippen LogP contribution in [-0.2, 0) is 11.3 Å². The summed E-state index contributed by atoms with van der Waals surface area (Å²) in [4.78, 5) is 14.7. The Morgan fingerprint density at radius 2 is 1.96 bits per heavy atom. The minimum Gasteiger partial charge on any atom is -0.338 e. The zero-order chi connectivity index (χ0) is 16.0. The van der Waals surface area contributed by atoms with Crippen molar-refractivity contribution < 1.29 is 4.79 Å². The highest BCUT2D eigenvalue weighted by atomic mass is 35.5. The van der Waals surface area contributed by atoms with E-state index in [4.69, 9.17) is 0 Å². The van der Waals surface area contributed by atoms with Crippen molar-refractivity contribution in [2.24, 2.45) is 11.3 Å². The van der Waals surface area contributed by atoms with Crippen LogP contribution in [0.5, 0.6) is 0 Å². The second-order valence-electron chi connectivity index (χ2n) is 7.69. The third-order valence-electron chi connectivity index (χ3n) is 4.16. The fourth-order valence-electron chi connectivity index (χ4n) is 3.06. The first-order chi connectivity index (χ1) is 10.4. The Labute approximate surface area is 147 Å². The summed E-state index contributed by atoms with van der Waals surface area (Å²) in [6.45, 7) is 10.3. The Morgan fingerprint density at radius 1 is 1.26 bits per heavy atom. The van der Waals surface area contributed by atoms with E-state index in [1.54, 1.807) is 0 Å². The molecule has 0 radical (unpaired) electrons. The van der Waals surface area contributed by atoms with E-state index in [0.717, 1.165) is 32.6 Å². The lowest BCUT2D eigenvalue weighted by molar-refractivity contribution is -0.133. The summed E-state index contributed by atoms with van der Waals surface area (Å²) in [6, 6.07) is 10.3. The highest BCUT2D eigenvalue weighted by Crippen LogP contribution is 2.20. The lowest BCUT2D eigenvalue weighted by atomic mass is 9.95. The van der Waals surface area contributed by atoms with Gasteiger partial charge in [-0.05, 0) is 42.8 Å². The molecule has 1 aliphatic heterocycles. The van der Waals surface area contributed by atoms with Crippen molar-refractivity contribution >= 4 is 18.3 Å². The molecular formula is C19H31ClN2O. The first-order valence-corrected chi connectivity index (χ1v) is 8.46. The quantitative estimate of drug-likeness (QED) is 0.853. The van der Waals surface area contributed by atoms with Crippen molar-refractivity contribution in [3.05, 3.63) is 35.9 Å². The monoisotopic (exact) mass is 338 g/mol. The predicted molar refractivity (Wildman–Crippen MR) is 98.8 cm³/mol. The summed E-state index contributed by atoms with van der Waals surface area (Å²) in [5.41, 5.74) is 1.34. The average molecular weight is 339 g/mol. The fourth-order valence-corrected chi connectivity index (χ4v) is 3.06. The van der Waals surface area contributed by atoms with E-state index in [2.05, 4.69) is 38.2 Å². The Hall–Kier alpha value is -1.06. The second kappa shape index (κ2) is 9.29. The van der Waals surface area contributed by atoms with Gasteiger partial charge in [-0.3, -0.25) is 4.79 Å². The van der Waals surface area contributed by atoms with Gasteiger partial charge in [-0.1, -0.05) is 51.1 Å². The SMILES string of the molecule is CC(C)(C)CN(Cc1ccccc1)C(=O)CCC1CCNC1.Cl. The number of carbonyl (C=O) groups excluding carboxylic acids is 1. The molecule has 23 heavy (non-hydrogen) atoms. The van der Waals surface area contributed by atoms with Gasteiger partial charge in [-0.15, -0.1) is 12.4 Å². The van der Waals surface area contributed by atoms with E-state index in [9.17, 15) is 4.79 Å². The molecule has 0 aliphatic carbocycles. The molecule has 1 atom stereocenters. The summed E-state index contributed by atoms with van der Waals surface area (Å²) < 4.78 is 0. The number of hydrogen-bond acceptors (Lipinski definition) is 2. The zero-order valence-electron chi connectivity index (χ0n) is 14.7. The maximum absolute atomic E-state index is 12.7. The number of hydrogen-bond donors (Lipinski definition) is 1. The van der Waals surface area contributed by atoms with E-state index >= 15 is 0 Å². The van der Waals surface area contributed by atoms with Gasteiger partial charge < -0.3 is 10.2 Å². The van der Waals surface area contributed by atoms with E-state index in [-0.39, 0.29) is 17.8 Å². The number of halogens is 1. The molecule has 0 spiro atoms. The molecule has 1 heterocycles. The zero-order valence-corrected chi connectivity index (χ0v) is 15.5. The van der Waals surface area contributed by atoms with Gasteiger partial charge in [-0.2, -0.15) is 0 Å². The Morgan fingerprint density at radius 3 is 2.52 bits per heavy atom. The molecule has 1 unspecified atom stereocenters. The third kappa shape index (κ3) is 7.36. The number of nitrogens with one attached hydrogen (secondary N) is 1. The van der Waals surface area contributed by atoms with Crippen LogP contribution >= 0.6 is 12.4 Å². The van der Waals surface area contributed by atoms with Gasteiger partial charge in [0.2, 0.25) is 5.91 Å². The van der Waals surface area contributed by atoms with Crippen molar-refractivity contribution in [3.8, 4) is 0 Å². The van der Waals surface area contributed by atoms with Crippen LogP contribution in [-0.4, -0.2) is 30.4 Å². The average Bonchev–Trinajstić information content (AvgIpc) is 2.97. The van der Waals surface area contributed by atoms with E-state index in [0.29, 0.717) is 18.2 Å². The molecule has 4 heteroatoms. The first kappa shape index (κ1) is 20.0. The molecule has 1 saturated heterocycles. The first-order valence-electron chi connectivity index (χ1n) is 8.46. The summed E-state index contributed by atoms with van der Waals surface area (Å²) >= 11 is 0. The van der Waals surface area contributed by atoms with Crippen molar-refractivity contribution in [3.63, 3.8) is 0 Å². The molecule has 2 rings (SSSR count). The Balaban J connectivity index is 0.00000264. The number of carbonyl (C=O) groups is 1. The van der Waals surface area contributed by atoms with Gasteiger partial charge >= 0.3 is 0 Å². The summed E-state index contributed by atoms with van der Waals surface area (Å²) in [5.74, 6) is 0.975. The highest BCUT2D eigenvalue weighted by Gasteiger charge is 2.23. The molecule has 3 nitrogen and oxygen atoms in total. The number of benzene rings is 1. The van der Waals surface area contributed by atoms with Gasteiger partial charge in [-0.25, -0.2) is 0 Å². The van der Waals surface area contributed by atoms with Gasteiger partial charge in [0.1, 0.15) is 0 Å². The normalized spacial score (nSPS) is 17.6. The van der Waals surface area contributed by atoms with Crippen LogP contribution < -0.4 is 5.32 Å². The molecule has 130 valence electrons. The van der Waals surface area contributed by atoms with E-state index < -0.39 is 0 Å². The smallest absolute Gasteiger partial charge is 0.222 e. The number of nitrogens with zero attached hydrogens (tertiary/aromatic N) is 1. The highest BCUT2D eigenvalue weighted by molar-refractivity contribution is 5.85. The molecular weight excluding hydrogens is 308 g/mol. The molecule has 1 aliphatic rings. The standard InChI is InChI=1S/C19H30N2O.ClH/c1-19(2,3)15-21(14-17-7-5-4-6-8-17)18(22)10-9-16-11-12-20-13-16;/h4-8,16,20H,9-15H2,1-3H3;1H. The van der Waals surface area contributed by atoms with Crippen molar-refractivity contribution in [2.75, 3.05) is 19.6 Å². The Bertz CT molecular complexity index is 464. The molecule has 0 saturated carbocycles. The van der Waals surface area contributed by atoms with Crippen LogP contribution in [0.3, 0.4) is 0 Å². The topological polar surface area (TPSA) is 32.3 Å². The molecule has 0 aromatic heterocycles. The summed E-state index contributed by atoms with van der Waals surface area (Å²) in [7, 11) is 0. The molecule has 1 N–H and O–H groups in total. The van der Waals surface area contributed by atoms with Crippen LogP contribution in [0, 0.1) is 11.3 Å². The lowest BCUT2D eigenvalue weighted by Gasteiger charge is -2.30. The Kier molecular flexibility index (Phi) is 8.07. The van der Waals surface area contributed by atoms with Crippen LogP contribution in [0.15, 0.2) is 30.3 Å². The van der Waals surface area contributed by atoms with Gasteiger partial charge in [0.25, 0.3) is 0 Å². The van der Waals surface area contributed by atoms with Crippen LogP contribution in [0.25, 0.3) is 0 Å². The third-order valence-corrected chi connectivity index (χ3v) is 4.16. The number of amides is 1. The summed E-state index contributed by atoms with van der Waals surface area (Å²) in [5, 5.41) is 3.38. The minimum atomic E-state index is 0. The maximum atomic E-state index is 12.7. The molecule has 1 fully saturated rings. The van der Waals surface area contributed by atoms with Gasteiger partial charge in [0.15, 0.2) is 0 Å².